The molecule has 0 radical (unpaired) electrons. The van der Waals surface area contributed by atoms with Crippen molar-refractivity contribution in [3.8, 4) is 11.8 Å². The van der Waals surface area contributed by atoms with Crippen LogP contribution in [0.1, 0.15) is 5.56 Å². The van der Waals surface area contributed by atoms with E-state index in [0.717, 1.165) is 0 Å². The third-order valence-corrected chi connectivity index (χ3v) is 1.84. The fourth-order valence-corrected chi connectivity index (χ4v) is 1.26. The van der Waals surface area contributed by atoms with Crippen LogP contribution in [0.5, 0.6) is 5.75 Å². The number of rotatable bonds is 1. The molecule has 0 saturated heterocycles. The molecular formula is C9H7N3O. The lowest BCUT2D eigenvalue weighted by atomic mass is 10.3. The van der Waals surface area contributed by atoms with Gasteiger partial charge in [-0.15, -0.1) is 0 Å². The minimum Gasteiger partial charge on any atom is -0.494 e. The summed E-state index contributed by atoms with van der Waals surface area (Å²) < 4.78 is 6.74. The van der Waals surface area contributed by atoms with E-state index >= 15 is 0 Å². The topological polar surface area (TPSA) is 50.3 Å². The van der Waals surface area contributed by atoms with Gasteiger partial charge in [-0.05, 0) is 12.1 Å². The van der Waals surface area contributed by atoms with Crippen molar-refractivity contribution in [2.75, 3.05) is 7.11 Å². The third kappa shape index (κ3) is 1.02. The molecule has 0 N–H and O–H groups in total. The van der Waals surface area contributed by atoms with Crippen LogP contribution in [0.15, 0.2) is 24.5 Å². The van der Waals surface area contributed by atoms with Crippen LogP contribution in [0, 0.1) is 11.3 Å². The lowest BCUT2D eigenvalue weighted by molar-refractivity contribution is 0.417. The van der Waals surface area contributed by atoms with E-state index in [1.54, 1.807) is 23.9 Å². The highest BCUT2D eigenvalue weighted by Crippen LogP contribution is 2.21. The van der Waals surface area contributed by atoms with Crippen LogP contribution in [-0.4, -0.2) is 16.7 Å². The number of aromatic nitrogens is 2. The summed E-state index contributed by atoms with van der Waals surface area (Å²) in [4.78, 5) is 0. The summed E-state index contributed by atoms with van der Waals surface area (Å²) in [5.74, 6) is 0.663. The van der Waals surface area contributed by atoms with Gasteiger partial charge in [0.25, 0.3) is 0 Å². The molecule has 0 bridgehead atoms. The summed E-state index contributed by atoms with van der Waals surface area (Å²) in [6.07, 6.45) is 3.30. The van der Waals surface area contributed by atoms with Crippen molar-refractivity contribution < 1.29 is 4.74 Å². The van der Waals surface area contributed by atoms with Crippen LogP contribution in [0.3, 0.4) is 0 Å². The Morgan fingerprint density at radius 3 is 3.15 bits per heavy atom. The number of nitriles is 1. The SMILES string of the molecule is COc1cccn2ncc(C#N)c12. The molecule has 0 fully saturated rings. The lowest BCUT2D eigenvalue weighted by Crippen LogP contribution is -1.90. The van der Waals surface area contributed by atoms with E-state index in [2.05, 4.69) is 11.2 Å². The normalized spacial score (nSPS) is 9.85. The number of fused-ring (bicyclic) bond motifs is 1. The molecule has 2 aromatic heterocycles. The highest BCUT2D eigenvalue weighted by atomic mass is 16.5. The number of nitrogens with zero attached hydrogens (tertiary/aromatic N) is 3. The second-order valence-corrected chi connectivity index (χ2v) is 2.54. The van der Waals surface area contributed by atoms with Crippen molar-refractivity contribution in [2.45, 2.75) is 0 Å². The van der Waals surface area contributed by atoms with E-state index in [1.807, 2.05) is 6.07 Å². The summed E-state index contributed by atoms with van der Waals surface area (Å²) in [5, 5.41) is 12.8. The average molecular weight is 173 g/mol. The summed E-state index contributed by atoms with van der Waals surface area (Å²) in [6.45, 7) is 0. The smallest absolute Gasteiger partial charge is 0.146 e. The predicted molar refractivity (Wildman–Crippen MR) is 46.5 cm³/mol. The van der Waals surface area contributed by atoms with Crippen LogP contribution < -0.4 is 4.74 Å². The molecule has 0 aliphatic carbocycles. The standard InChI is InChI=1S/C9H7N3O/c1-13-8-3-2-4-12-9(8)7(5-10)6-11-12/h2-4,6H,1H3. The van der Waals surface area contributed by atoms with Crippen molar-refractivity contribution >= 4 is 5.52 Å². The van der Waals surface area contributed by atoms with E-state index in [1.165, 1.54) is 6.20 Å². The molecule has 0 aliphatic rings. The van der Waals surface area contributed by atoms with Gasteiger partial charge in [-0.2, -0.15) is 10.4 Å². The Morgan fingerprint density at radius 2 is 2.46 bits per heavy atom. The van der Waals surface area contributed by atoms with Gasteiger partial charge in [0, 0.05) is 6.20 Å². The third-order valence-electron chi connectivity index (χ3n) is 1.84. The van der Waals surface area contributed by atoms with Gasteiger partial charge in [0.15, 0.2) is 0 Å². The molecule has 2 rings (SSSR count). The highest BCUT2D eigenvalue weighted by molar-refractivity contribution is 5.68. The van der Waals surface area contributed by atoms with Crippen molar-refractivity contribution in [1.82, 2.24) is 9.61 Å². The van der Waals surface area contributed by atoms with Crippen LogP contribution in [0.25, 0.3) is 5.52 Å². The molecular weight excluding hydrogens is 166 g/mol. The van der Waals surface area contributed by atoms with E-state index < -0.39 is 0 Å². The Morgan fingerprint density at radius 1 is 1.62 bits per heavy atom. The molecule has 13 heavy (non-hydrogen) atoms. The van der Waals surface area contributed by atoms with Crippen molar-refractivity contribution in [1.29, 1.82) is 5.26 Å². The Kier molecular flexibility index (Phi) is 1.64. The maximum absolute atomic E-state index is 8.79. The first-order chi connectivity index (χ1) is 6.36. The van der Waals surface area contributed by atoms with Gasteiger partial charge in [-0.1, -0.05) is 0 Å². The molecule has 0 aliphatic heterocycles. The van der Waals surface area contributed by atoms with Crippen molar-refractivity contribution in [3.05, 3.63) is 30.1 Å². The first kappa shape index (κ1) is 7.62. The zero-order valence-electron chi connectivity index (χ0n) is 7.06. The molecule has 0 amide bonds. The Labute approximate surface area is 75.0 Å². The monoisotopic (exact) mass is 173 g/mol. The molecule has 0 spiro atoms. The number of pyridine rings is 1. The van der Waals surface area contributed by atoms with Gasteiger partial charge in [-0.3, -0.25) is 0 Å². The summed E-state index contributed by atoms with van der Waals surface area (Å²) in [5.41, 5.74) is 1.24. The minimum absolute atomic E-state index is 0.525. The van der Waals surface area contributed by atoms with Gasteiger partial charge in [0.05, 0.1) is 13.3 Å². The zero-order chi connectivity index (χ0) is 9.26. The Balaban J connectivity index is 2.85. The Hall–Kier alpha value is -2.02. The average Bonchev–Trinajstić information content (AvgIpc) is 2.60. The number of hydrogen-bond donors (Lipinski definition) is 0. The zero-order valence-corrected chi connectivity index (χ0v) is 7.06. The largest absolute Gasteiger partial charge is 0.494 e. The summed E-state index contributed by atoms with van der Waals surface area (Å²) in [7, 11) is 1.57. The molecule has 4 nitrogen and oxygen atoms in total. The lowest BCUT2D eigenvalue weighted by Gasteiger charge is -2.01. The van der Waals surface area contributed by atoms with Gasteiger partial charge in [-0.25, -0.2) is 4.52 Å². The van der Waals surface area contributed by atoms with Crippen LogP contribution >= 0.6 is 0 Å². The van der Waals surface area contributed by atoms with Gasteiger partial charge >= 0.3 is 0 Å². The van der Waals surface area contributed by atoms with Gasteiger partial charge in [0.1, 0.15) is 22.9 Å². The van der Waals surface area contributed by atoms with Crippen molar-refractivity contribution in [3.63, 3.8) is 0 Å². The second-order valence-electron chi connectivity index (χ2n) is 2.54. The minimum atomic E-state index is 0.525. The summed E-state index contributed by atoms with van der Waals surface area (Å²) in [6, 6.07) is 5.68. The number of hydrogen-bond acceptors (Lipinski definition) is 3. The van der Waals surface area contributed by atoms with Crippen LogP contribution in [-0.2, 0) is 0 Å². The number of methoxy groups -OCH3 is 1. The van der Waals surface area contributed by atoms with Gasteiger partial charge < -0.3 is 4.74 Å². The highest BCUT2D eigenvalue weighted by Gasteiger charge is 2.07. The van der Waals surface area contributed by atoms with E-state index in [0.29, 0.717) is 16.8 Å². The maximum Gasteiger partial charge on any atom is 0.146 e. The van der Waals surface area contributed by atoms with E-state index in [4.69, 9.17) is 10.00 Å². The first-order valence-electron chi connectivity index (χ1n) is 3.77. The summed E-state index contributed by atoms with van der Waals surface area (Å²) >= 11 is 0. The van der Waals surface area contributed by atoms with E-state index in [9.17, 15) is 0 Å². The van der Waals surface area contributed by atoms with Crippen LogP contribution in [0.2, 0.25) is 0 Å². The molecule has 0 unspecified atom stereocenters. The molecule has 64 valence electrons. The van der Waals surface area contributed by atoms with Crippen molar-refractivity contribution in [2.24, 2.45) is 0 Å². The van der Waals surface area contributed by atoms with Gasteiger partial charge in [0.2, 0.25) is 0 Å². The second kappa shape index (κ2) is 2.79. The molecule has 2 aromatic rings. The fraction of sp³-hybridized carbons (Fsp3) is 0.111. The first-order valence-corrected chi connectivity index (χ1v) is 3.77. The molecule has 2 heterocycles. The predicted octanol–water partition coefficient (Wildman–Crippen LogP) is 1.21. The quantitative estimate of drug-likeness (QED) is 0.651. The van der Waals surface area contributed by atoms with Crippen LogP contribution in [0.4, 0.5) is 0 Å². The molecule has 4 heteroatoms. The Bertz CT molecular complexity index is 481. The fourth-order valence-electron chi connectivity index (χ4n) is 1.26. The molecule has 0 saturated carbocycles. The molecule has 0 aromatic carbocycles. The maximum atomic E-state index is 8.79. The number of ether oxygens (including phenoxy) is 1. The molecule has 0 atom stereocenters. The van der Waals surface area contributed by atoms with E-state index in [-0.39, 0.29) is 0 Å².